The minimum absolute atomic E-state index is 0.0217. The largest absolute Gasteiger partial charge is 0.493 e. The van der Waals surface area contributed by atoms with Crippen LogP contribution >= 0.6 is 0 Å². The topological polar surface area (TPSA) is 93.7 Å². The zero-order chi connectivity index (χ0) is 20.2. The first-order valence-corrected chi connectivity index (χ1v) is 9.78. The second-order valence-electron chi connectivity index (χ2n) is 6.17. The third-order valence-electron chi connectivity index (χ3n) is 4.04. The molecule has 0 spiro atoms. The Hall–Kier alpha value is -2.58. The normalized spacial score (nSPS) is 12.3. The highest BCUT2D eigenvalue weighted by Gasteiger charge is 2.23. The van der Waals surface area contributed by atoms with Crippen LogP contribution in [0.2, 0.25) is 0 Å². The molecule has 2 aromatic carbocycles. The lowest BCUT2D eigenvalue weighted by Gasteiger charge is -2.16. The lowest BCUT2D eigenvalue weighted by Crippen LogP contribution is -2.41. The monoisotopic (exact) mass is 392 g/mol. The van der Waals surface area contributed by atoms with Gasteiger partial charge in [-0.3, -0.25) is 4.79 Å². The van der Waals surface area contributed by atoms with Crippen LogP contribution in [-0.4, -0.2) is 34.6 Å². The summed E-state index contributed by atoms with van der Waals surface area (Å²) < 4.78 is 37.8. The predicted octanol–water partition coefficient (Wildman–Crippen LogP) is 2.63. The highest BCUT2D eigenvalue weighted by Crippen LogP contribution is 2.29. The van der Waals surface area contributed by atoms with Gasteiger partial charge in [0.1, 0.15) is 0 Å². The van der Waals surface area contributed by atoms with Gasteiger partial charge in [0.05, 0.1) is 25.2 Å². The van der Waals surface area contributed by atoms with Crippen molar-refractivity contribution in [3.63, 3.8) is 0 Å². The first-order chi connectivity index (χ1) is 12.7. The number of hydrogen-bond donors (Lipinski definition) is 2. The molecule has 7 nitrogen and oxygen atoms in total. The molecule has 27 heavy (non-hydrogen) atoms. The van der Waals surface area contributed by atoms with E-state index < -0.39 is 22.0 Å². The number of benzene rings is 2. The van der Waals surface area contributed by atoms with Gasteiger partial charge in [0.15, 0.2) is 11.5 Å². The zero-order valence-corrected chi connectivity index (χ0v) is 16.8. The lowest BCUT2D eigenvalue weighted by molar-refractivity contribution is -0.117. The van der Waals surface area contributed by atoms with Crippen LogP contribution in [0.5, 0.6) is 11.5 Å². The second-order valence-corrected chi connectivity index (χ2v) is 7.88. The molecule has 2 rings (SSSR count). The third kappa shape index (κ3) is 4.99. The molecule has 0 aliphatic rings. The van der Waals surface area contributed by atoms with E-state index in [0.717, 1.165) is 11.1 Å². The number of carbonyl (C=O) groups excluding carboxylic acids is 1. The molecule has 0 aromatic heterocycles. The molecule has 2 aromatic rings. The number of rotatable bonds is 7. The molecule has 0 saturated heterocycles. The minimum Gasteiger partial charge on any atom is -0.493 e. The third-order valence-corrected chi connectivity index (χ3v) is 5.58. The summed E-state index contributed by atoms with van der Waals surface area (Å²) in [6.07, 6.45) is 0. The van der Waals surface area contributed by atoms with Crippen molar-refractivity contribution >= 4 is 21.6 Å². The Morgan fingerprint density at radius 2 is 1.67 bits per heavy atom. The number of carbonyl (C=O) groups is 1. The highest BCUT2D eigenvalue weighted by atomic mass is 32.2. The average molecular weight is 392 g/mol. The molecule has 0 aliphatic heterocycles. The van der Waals surface area contributed by atoms with Crippen molar-refractivity contribution in [2.24, 2.45) is 0 Å². The Kier molecular flexibility index (Phi) is 6.45. The van der Waals surface area contributed by atoms with Gasteiger partial charge in [0.25, 0.3) is 0 Å². The van der Waals surface area contributed by atoms with Crippen LogP contribution in [0.25, 0.3) is 0 Å². The zero-order valence-electron chi connectivity index (χ0n) is 16.0. The fraction of sp³-hybridized carbons (Fsp3) is 0.316. The molecular formula is C19H24N2O5S. The summed E-state index contributed by atoms with van der Waals surface area (Å²) >= 11 is 0. The van der Waals surface area contributed by atoms with E-state index in [9.17, 15) is 13.2 Å². The van der Waals surface area contributed by atoms with E-state index in [4.69, 9.17) is 9.47 Å². The first-order valence-electron chi connectivity index (χ1n) is 8.30. The molecule has 0 fully saturated rings. The molecular weight excluding hydrogens is 368 g/mol. The van der Waals surface area contributed by atoms with Gasteiger partial charge in [-0.1, -0.05) is 12.1 Å². The van der Waals surface area contributed by atoms with E-state index in [1.54, 1.807) is 0 Å². The lowest BCUT2D eigenvalue weighted by atomic mass is 10.1. The summed E-state index contributed by atoms with van der Waals surface area (Å²) in [5, 5.41) is 2.76. The molecule has 8 heteroatoms. The van der Waals surface area contributed by atoms with Crippen molar-refractivity contribution < 1.29 is 22.7 Å². The van der Waals surface area contributed by atoms with Gasteiger partial charge >= 0.3 is 0 Å². The molecule has 146 valence electrons. The van der Waals surface area contributed by atoms with Crippen molar-refractivity contribution in [1.82, 2.24) is 4.72 Å². The van der Waals surface area contributed by atoms with E-state index >= 15 is 0 Å². The SMILES string of the molecule is COc1ccc(S(=O)(=O)N[C@@H](C)C(=O)Nc2cc(C)ccc2C)cc1OC. The standard InChI is InChI=1S/C19H24N2O5S/c1-12-6-7-13(2)16(10-12)20-19(22)14(3)21-27(23,24)15-8-9-17(25-4)18(11-15)26-5/h6-11,14,21H,1-5H3,(H,20,22)/t14-/m0/s1. The van der Waals surface area contributed by atoms with Gasteiger partial charge in [0.2, 0.25) is 15.9 Å². The fourth-order valence-electron chi connectivity index (χ4n) is 2.45. The van der Waals surface area contributed by atoms with Crippen LogP contribution in [0.1, 0.15) is 18.1 Å². The average Bonchev–Trinajstić information content (AvgIpc) is 2.63. The van der Waals surface area contributed by atoms with E-state index in [1.807, 2.05) is 32.0 Å². The Balaban J connectivity index is 2.17. The number of amides is 1. The molecule has 1 amide bonds. The van der Waals surface area contributed by atoms with Crippen molar-refractivity contribution in [2.75, 3.05) is 19.5 Å². The summed E-state index contributed by atoms with van der Waals surface area (Å²) in [5.74, 6) is 0.248. The van der Waals surface area contributed by atoms with Crippen LogP contribution in [0.15, 0.2) is 41.3 Å². The molecule has 0 heterocycles. The molecule has 1 atom stereocenters. The summed E-state index contributed by atoms with van der Waals surface area (Å²) in [4.78, 5) is 12.4. The summed E-state index contributed by atoms with van der Waals surface area (Å²) in [7, 11) is -1.04. The quantitative estimate of drug-likeness (QED) is 0.755. The van der Waals surface area contributed by atoms with Crippen LogP contribution in [-0.2, 0) is 14.8 Å². The molecule has 2 N–H and O–H groups in total. The fourth-order valence-corrected chi connectivity index (χ4v) is 3.67. The van der Waals surface area contributed by atoms with Gasteiger partial charge in [-0.15, -0.1) is 0 Å². The summed E-state index contributed by atoms with van der Waals surface area (Å²) in [6.45, 7) is 5.27. The van der Waals surface area contributed by atoms with Gasteiger partial charge in [-0.05, 0) is 50.1 Å². The maximum atomic E-state index is 12.6. The molecule has 0 unspecified atom stereocenters. The minimum atomic E-state index is -3.92. The van der Waals surface area contributed by atoms with E-state index in [2.05, 4.69) is 10.0 Å². The van der Waals surface area contributed by atoms with Gasteiger partial charge in [-0.2, -0.15) is 4.72 Å². The number of ether oxygens (including phenoxy) is 2. The smallest absolute Gasteiger partial charge is 0.242 e. The van der Waals surface area contributed by atoms with Crippen molar-refractivity contribution in [1.29, 1.82) is 0 Å². The van der Waals surface area contributed by atoms with Crippen LogP contribution in [0.3, 0.4) is 0 Å². The maximum Gasteiger partial charge on any atom is 0.242 e. The number of sulfonamides is 1. The van der Waals surface area contributed by atoms with Crippen LogP contribution in [0, 0.1) is 13.8 Å². The molecule has 0 aliphatic carbocycles. The van der Waals surface area contributed by atoms with Crippen LogP contribution in [0.4, 0.5) is 5.69 Å². The maximum absolute atomic E-state index is 12.6. The van der Waals surface area contributed by atoms with Crippen molar-refractivity contribution in [3.8, 4) is 11.5 Å². The summed E-state index contributed by atoms with van der Waals surface area (Å²) in [6, 6.07) is 8.92. The number of hydrogen-bond acceptors (Lipinski definition) is 5. The van der Waals surface area contributed by atoms with Gasteiger partial charge < -0.3 is 14.8 Å². The number of anilines is 1. The molecule has 0 saturated carbocycles. The van der Waals surface area contributed by atoms with E-state index in [1.165, 1.54) is 39.3 Å². The Labute approximate surface area is 159 Å². The van der Waals surface area contributed by atoms with Crippen LogP contribution < -0.4 is 19.5 Å². The summed E-state index contributed by atoms with van der Waals surface area (Å²) in [5.41, 5.74) is 2.54. The first kappa shape index (κ1) is 20.7. The number of nitrogens with one attached hydrogen (secondary N) is 2. The van der Waals surface area contributed by atoms with Gasteiger partial charge in [0, 0.05) is 11.8 Å². The second kappa shape index (κ2) is 8.41. The van der Waals surface area contributed by atoms with Crippen molar-refractivity contribution in [3.05, 3.63) is 47.5 Å². The molecule has 0 bridgehead atoms. The van der Waals surface area contributed by atoms with E-state index in [-0.39, 0.29) is 10.6 Å². The highest BCUT2D eigenvalue weighted by molar-refractivity contribution is 7.89. The predicted molar refractivity (Wildman–Crippen MR) is 104 cm³/mol. The Morgan fingerprint density at radius 1 is 1.00 bits per heavy atom. The number of aryl methyl sites for hydroxylation is 2. The van der Waals surface area contributed by atoms with E-state index in [0.29, 0.717) is 11.4 Å². The molecule has 0 radical (unpaired) electrons. The number of methoxy groups -OCH3 is 2. The Bertz CT molecular complexity index is 941. The van der Waals surface area contributed by atoms with Crippen molar-refractivity contribution in [2.45, 2.75) is 31.7 Å². The Morgan fingerprint density at radius 3 is 2.30 bits per heavy atom. The van der Waals surface area contributed by atoms with Gasteiger partial charge in [-0.25, -0.2) is 8.42 Å².